The highest BCUT2D eigenvalue weighted by Gasteiger charge is 2.31. The van der Waals surface area contributed by atoms with Crippen molar-refractivity contribution >= 4 is 5.91 Å². The van der Waals surface area contributed by atoms with Crippen LogP contribution >= 0.6 is 0 Å². The first-order chi connectivity index (χ1) is 7.36. The number of amides is 1. The fraction of sp³-hybridized carbons (Fsp3) is 0.923. The van der Waals surface area contributed by atoms with Crippen molar-refractivity contribution in [3.8, 4) is 0 Å². The van der Waals surface area contributed by atoms with Crippen LogP contribution in [-0.2, 0) is 4.79 Å². The largest absolute Gasteiger partial charge is 0.340 e. The Hall–Kier alpha value is -0.570. The molecule has 0 unspecified atom stereocenters. The summed E-state index contributed by atoms with van der Waals surface area (Å²) in [6.45, 7) is 11.4. The average Bonchev–Trinajstić information content (AvgIpc) is 2.23. The number of rotatable bonds is 7. The summed E-state index contributed by atoms with van der Waals surface area (Å²) < 4.78 is 0. The topological polar surface area (TPSA) is 46.3 Å². The number of nitrogens with zero attached hydrogens (tertiary/aromatic N) is 1. The van der Waals surface area contributed by atoms with Gasteiger partial charge in [0.2, 0.25) is 5.91 Å². The third-order valence-corrected chi connectivity index (χ3v) is 2.98. The van der Waals surface area contributed by atoms with Gasteiger partial charge in [-0.15, -0.1) is 0 Å². The molecule has 0 aromatic heterocycles. The van der Waals surface area contributed by atoms with Gasteiger partial charge in [-0.05, 0) is 34.1 Å². The molecule has 0 heterocycles. The highest BCUT2D eigenvalue weighted by atomic mass is 16.2. The maximum absolute atomic E-state index is 12.3. The minimum absolute atomic E-state index is 0.182. The zero-order chi connectivity index (χ0) is 12.8. The van der Waals surface area contributed by atoms with E-state index in [1.54, 1.807) is 0 Å². The first-order valence-electron chi connectivity index (χ1n) is 6.38. The van der Waals surface area contributed by atoms with E-state index in [1.165, 1.54) is 12.8 Å². The second-order valence-corrected chi connectivity index (χ2v) is 5.39. The van der Waals surface area contributed by atoms with Gasteiger partial charge in [-0.3, -0.25) is 4.79 Å². The molecule has 0 rings (SSSR count). The molecule has 0 radical (unpaired) electrons. The molecule has 0 aliphatic rings. The molecule has 3 heteroatoms. The molecule has 2 N–H and O–H groups in total. The van der Waals surface area contributed by atoms with Gasteiger partial charge in [-0.25, -0.2) is 0 Å². The summed E-state index contributed by atoms with van der Waals surface area (Å²) in [6, 6.07) is 0.259. The molecule has 0 spiro atoms. The number of unbranched alkanes of at least 4 members (excludes halogenated alkanes) is 2. The van der Waals surface area contributed by atoms with Crippen molar-refractivity contribution in [2.75, 3.05) is 13.1 Å². The van der Waals surface area contributed by atoms with Crippen LogP contribution in [0.5, 0.6) is 0 Å². The first-order valence-corrected chi connectivity index (χ1v) is 6.38. The van der Waals surface area contributed by atoms with Gasteiger partial charge in [-0.2, -0.15) is 0 Å². The zero-order valence-corrected chi connectivity index (χ0v) is 11.5. The molecule has 0 aromatic carbocycles. The van der Waals surface area contributed by atoms with Gasteiger partial charge in [0.25, 0.3) is 0 Å². The predicted molar refractivity (Wildman–Crippen MR) is 69.2 cm³/mol. The van der Waals surface area contributed by atoms with Crippen molar-refractivity contribution in [3.05, 3.63) is 0 Å². The lowest BCUT2D eigenvalue weighted by Crippen LogP contribution is -2.48. The predicted octanol–water partition coefficient (Wildman–Crippen LogP) is 2.40. The van der Waals surface area contributed by atoms with Crippen LogP contribution in [0.2, 0.25) is 0 Å². The molecule has 3 nitrogen and oxygen atoms in total. The minimum atomic E-state index is -0.434. The van der Waals surface area contributed by atoms with Gasteiger partial charge in [0.05, 0.1) is 5.41 Å². The summed E-state index contributed by atoms with van der Waals surface area (Å²) in [5.74, 6) is 0.182. The normalized spacial score (nSPS) is 11.9. The van der Waals surface area contributed by atoms with Crippen LogP contribution in [0.25, 0.3) is 0 Å². The number of hydrogen-bond donors (Lipinski definition) is 1. The van der Waals surface area contributed by atoms with E-state index in [-0.39, 0.29) is 11.9 Å². The van der Waals surface area contributed by atoms with E-state index in [4.69, 9.17) is 5.73 Å². The van der Waals surface area contributed by atoms with E-state index in [0.717, 1.165) is 13.0 Å². The van der Waals surface area contributed by atoms with Gasteiger partial charge in [0, 0.05) is 19.1 Å². The Bertz CT molecular complexity index is 212. The molecule has 1 amide bonds. The standard InChI is InChI=1S/C13H28N2O/c1-6-7-8-9-15(11(2)3)12(16)13(4,5)10-14/h11H,6-10,14H2,1-5H3. The Labute approximate surface area is 100 Å². The molecular weight excluding hydrogens is 200 g/mol. The van der Waals surface area contributed by atoms with E-state index in [0.29, 0.717) is 6.54 Å². The van der Waals surface area contributed by atoms with Gasteiger partial charge < -0.3 is 10.6 Å². The molecular formula is C13H28N2O. The van der Waals surface area contributed by atoms with E-state index < -0.39 is 5.41 Å². The second kappa shape index (κ2) is 6.89. The molecule has 16 heavy (non-hydrogen) atoms. The molecule has 0 aliphatic carbocycles. The van der Waals surface area contributed by atoms with Crippen LogP contribution in [-0.4, -0.2) is 29.9 Å². The summed E-state index contributed by atoms with van der Waals surface area (Å²) in [5.41, 5.74) is 5.22. The SMILES string of the molecule is CCCCCN(C(=O)C(C)(C)CN)C(C)C. The number of hydrogen-bond acceptors (Lipinski definition) is 2. The lowest BCUT2D eigenvalue weighted by atomic mass is 9.91. The molecule has 0 saturated carbocycles. The van der Waals surface area contributed by atoms with Crippen molar-refractivity contribution in [3.63, 3.8) is 0 Å². The molecule has 0 saturated heterocycles. The maximum Gasteiger partial charge on any atom is 0.229 e. The number of nitrogens with two attached hydrogens (primary N) is 1. The fourth-order valence-electron chi connectivity index (χ4n) is 1.60. The third-order valence-electron chi connectivity index (χ3n) is 2.98. The molecule has 0 aliphatic heterocycles. The van der Waals surface area contributed by atoms with Crippen molar-refractivity contribution < 1.29 is 4.79 Å². The Morgan fingerprint density at radius 2 is 1.88 bits per heavy atom. The molecule has 96 valence electrons. The average molecular weight is 228 g/mol. The fourth-order valence-corrected chi connectivity index (χ4v) is 1.60. The Balaban J connectivity index is 4.47. The monoisotopic (exact) mass is 228 g/mol. The summed E-state index contributed by atoms with van der Waals surface area (Å²) in [7, 11) is 0. The summed E-state index contributed by atoms with van der Waals surface area (Å²) >= 11 is 0. The van der Waals surface area contributed by atoms with E-state index in [2.05, 4.69) is 20.8 Å². The molecule has 0 aromatic rings. The van der Waals surface area contributed by atoms with Crippen LogP contribution in [0.4, 0.5) is 0 Å². The minimum Gasteiger partial charge on any atom is -0.340 e. The number of carbonyl (C=O) groups excluding carboxylic acids is 1. The highest BCUT2D eigenvalue weighted by Crippen LogP contribution is 2.19. The molecule has 0 bridgehead atoms. The summed E-state index contributed by atoms with van der Waals surface area (Å²) in [6.07, 6.45) is 3.45. The van der Waals surface area contributed by atoms with E-state index in [1.807, 2.05) is 18.7 Å². The van der Waals surface area contributed by atoms with Gasteiger partial charge in [0.1, 0.15) is 0 Å². The maximum atomic E-state index is 12.3. The van der Waals surface area contributed by atoms with Crippen LogP contribution < -0.4 is 5.73 Å². The second-order valence-electron chi connectivity index (χ2n) is 5.39. The number of carbonyl (C=O) groups is 1. The molecule has 0 atom stereocenters. The quantitative estimate of drug-likeness (QED) is 0.680. The van der Waals surface area contributed by atoms with Crippen molar-refractivity contribution in [2.24, 2.45) is 11.1 Å². The van der Waals surface area contributed by atoms with Crippen molar-refractivity contribution in [2.45, 2.75) is 59.9 Å². The highest BCUT2D eigenvalue weighted by molar-refractivity contribution is 5.82. The van der Waals surface area contributed by atoms with Crippen LogP contribution in [0.3, 0.4) is 0 Å². The summed E-state index contributed by atoms with van der Waals surface area (Å²) in [5, 5.41) is 0. The summed E-state index contributed by atoms with van der Waals surface area (Å²) in [4.78, 5) is 14.2. The Morgan fingerprint density at radius 3 is 2.25 bits per heavy atom. The third kappa shape index (κ3) is 4.52. The van der Waals surface area contributed by atoms with E-state index in [9.17, 15) is 4.79 Å². The van der Waals surface area contributed by atoms with Crippen molar-refractivity contribution in [1.29, 1.82) is 0 Å². The Kier molecular flexibility index (Phi) is 6.65. The zero-order valence-electron chi connectivity index (χ0n) is 11.5. The van der Waals surface area contributed by atoms with Crippen LogP contribution in [0.1, 0.15) is 53.9 Å². The lowest BCUT2D eigenvalue weighted by Gasteiger charge is -2.34. The van der Waals surface area contributed by atoms with E-state index >= 15 is 0 Å². The molecule has 0 fully saturated rings. The van der Waals surface area contributed by atoms with Crippen LogP contribution in [0, 0.1) is 5.41 Å². The first kappa shape index (κ1) is 15.4. The van der Waals surface area contributed by atoms with Crippen LogP contribution in [0.15, 0.2) is 0 Å². The smallest absolute Gasteiger partial charge is 0.229 e. The Morgan fingerprint density at radius 1 is 1.31 bits per heavy atom. The van der Waals surface area contributed by atoms with Gasteiger partial charge in [-0.1, -0.05) is 19.8 Å². The van der Waals surface area contributed by atoms with Gasteiger partial charge >= 0.3 is 0 Å². The van der Waals surface area contributed by atoms with Gasteiger partial charge in [0.15, 0.2) is 0 Å². The van der Waals surface area contributed by atoms with Crippen molar-refractivity contribution in [1.82, 2.24) is 4.90 Å². The lowest BCUT2D eigenvalue weighted by molar-refractivity contribution is -0.141.